The maximum absolute atomic E-state index is 11.2. The number of esters is 1. The zero-order valence-electron chi connectivity index (χ0n) is 9.53. The third-order valence-electron chi connectivity index (χ3n) is 2.14. The van der Waals surface area contributed by atoms with Crippen molar-refractivity contribution in [1.82, 2.24) is 0 Å². The van der Waals surface area contributed by atoms with Crippen molar-refractivity contribution < 1.29 is 14.3 Å². The summed E-state index contributed by atoms with van der Waals surface area (Å²) >= 11 is 4.27. The van der Waals surface area contributed by atoms with E-state index in [9.17, 15) is 4.79 Å². The first-order chi connectivity index (χ1) is 7.69. The van der Waals surface area contributed by atoms with E-state index in [2.05, 4.69) is 24.3 Å². The Morgan fingerprint density at radius 1 is 1.44 bits per heavy atom. The van der Waals surface area contributed by atoms with Gasteiger partial charge >= 0.3 is 5.97 Å². The Morgan fingerprint density at radius 3 is 2.75 bits per heavy atom. The highest BCUT2D eigenvalue weighted by molar-refractivity contribution is 7.80. The molecule has 0 N–H and O–H groups in total. The smallest absolute Gasteiger partial charge is 0.337 e. The first-order valence-corrected chi connectivity index (χ1v) is 5.68. The van der Waals surface area contributed by atoms with Crippen LogP contribution in [0.2, 0.25) is 0 Å². The Labute approximate surface area is 101 Å². The third-order valence-corrected chi connectivity index (χ3v) is 2.48. The Bertz CT molecular complexity index is 363. The van der Waals surface area contributed by atoms with E-state index >= 15 is 0 Å². The summed E-state index contributed by atoms with van der Waals surface area (Å²) in [5, 5.41) is 0. The van der Waals surface area contributed by atoms with E-state index in [0.29, 0.717) is 22.8 Å². The van der Waals surface area contributed by atoms with E-state index in [-0.39, 0.29) is 5.97 Å². The lowest BCUT2D eigenvalue weighted by molar-refractivity contribution is 0.0600. The van der Waals surface area contributed by atoms with Gasteiger partial charge in [-0.1, -0.05) is 13.3 Å². The van der Waals surface area contributed by atoms with Crippen LogP contribution in [-0.2, 0) is 4.74 Å². The van der Waals surface area contributed by atoms with Gasteiger partial charge < -0.3 is 9.47 Å². The summed E-state index contributed by atoms with van der Waals surface area (Å²) in [4.78, 5) is 11.9. The Balaban J connectivity index is 2.71. The minimum atomic E-state index is -0.365. The summed E-state index contributed by atoms with van der Waals surface area (Å²) in [5.74, 6) is 0.333. The number of ether oxygens (including phenoxy) is 2. The second kappa shape index (κ2) is 6.43. The van der Waals surface area contributed by atoms with E-state index in [0.717, 1.165) is 12.8 Å². The number of benzene rings is 1. The molecule has 1 aromatic carbocycles. The molecule has 16 heavy (non-hydrogen) atoms. The minimum absolute atomic E-state index is 0.365. The van der Waals surface area contributed by atoms with Crippen molar-refractivity contribution >= 4 is 18.6 Å². The molecular weight excluding hydrogens is 224 g/mol. The summed E-state index contributed by atoms with van der Waals surface area (Å²) in [6, 6.07) is 5.06. The number of hydrogen-bond donors (Lipinski definition) is 1. The lowest BCUT2D eigenvalue weighted by atomic mass is 10.2. The van der Waals surface area contributed by atoms with Crippen LogP contribution in [0, 0.1) is 0 Å². The number of thiol groups is 1. The Kier molecular flexibility index (Phi) is 5.19. The van der Waals surface area contributed by atoms with Gasteiger partial charge in [0.15, 0.2) is 0 Å². The van der Waals surface area contributed by atoms with Crippen LogP contribution in [0.5, 0.6) is 5.75 Å². The standard InChI is InChI=1S/C12H16O3S/c1-3-4-7-15-10-6-5-9(8-11(10)16)12(13)14-2/h5-6,8,16H,3-4,7H2,1-2H3. The second-order valence-corrected chi connectivity index (χ2v) is 3.86. The number of methoxy groups -OCH3 is 1. The average Bonchev–Trinajstić information content (AvgIpc) is 2.30. The summed E-state index contributed by atoms with van der Waals surface area (Å²) in [6.45, 7) is 2.77. The molecule has 88 valence electrons. The molecule has 0 saturated heterocycles. The predicted molar refractivity (Wildman–Crippen MR) is 65.4 cm³/mol. The molecule has 1 rings (SSSR count). The fourth-order valence-corrected chi connectivity index (χ4v) is 1.49. The molecule has 0 amide bonds. The van der Waals surface area contributed by atoms with Gasteiger partial charge in [0.2, 0.25) is 0 Å². The second-order valence-electron chi connectivity index (χ2n) is 3.38. The van der Waals surface area contributed by atoms with Crippen molar-refractivity contribution in [3.63, 3.8) is 0 Å². The van der Waals surface area contributed by atoms with Crippen molar-refractivity contribution in [1.29, 1.82) is 0 Å². The zero-order valence-corrected chi connectivity index (χ0v) is 10.4. The van der Waals surface area contributed by atoms with Gasteiger partial charge in [-0.15, -0.1) is 12.6 Å². The van der Waals surface area contributed by atoms with Crippen LogP contribution in [0.15, 0.2) is 23.1 Å². The zero-order chi connectivity index (χ0) is 12.0. The van der Waals surface area contributed by atoms with Crippen LogP contribution < -0.4 is 4.74 Å². The number of carbonyl (C=O) groups is 1. The average molecular weight is 240 g/mol. The van der Waals surface area contributed by atoms with Crippen molar-refractivity contribution in [2.75, 3.05) is 13.7 Å². The van der Waals surface area contributed by atoms with Crippen molar-refractivity contribution in [2.45, 2.75) is 24.7 Å². The van der Waals surface area contributed by atoms with E-state index in [4.69, 9.17) is 4.74 Å². The van der Waals surface area contributed by atoms with Crippen LogP contribution in [0.4, 0.5) is 0 Å². The van der Waals surface area contributed by atoms with Gasteiger partial charge in [0, 0.05) is 4.90 Å². The summed E-state index contributed by atoms with van der Waals surface area (Å²) in [6.07, 6.45) is 2.09. The molecule has 0 aliphatic rings. The van der Waals surface area contributed by atoms with Gasteiger partial charge in [-0.05, 0) is 24.6 Å². The molecule has 0 saturated carbocycles. The van der Waals surface area contributed by atoms with Crippen molar-refractivity contribution in [3.8, 4) is 5.75 Å². The molecule has 0 atom stereocenters. The summed E-state index contributed by atoms with van der Waals surface area (Å²) in [7, 11) is 1.35. The first kappa shape index (κ1) is 12.9. The highest BCUT2D eigenvalue weighted by atomic mass is 32.1. The van der Waals surface area contributed by atoms with Crippen LogP contribution >= 0.6 is 12.6 Å². The Hall–Kier alpha value is -1.16. The molecule has 0 aliphatic carbocycles. The minimum Gasteiger partial charge on any atom is -0.492 e. The SMILES string of the molecule is CCCCOc1ccc(C(=O)OC)cc1S. The van der Waals surface area contributed by atoms with E-state index in [1.54, 1.807) is 18.2 Å². The quantitative estimate of drug-likeness (QED) is 0.488. The monoisotopic (exact) mass is 240 g/mol. The highest BCUT2D eigenvalue weighted by Crippen LogP contribution is 2.24. The number of rotatable bonds is 5. The van der Waals surface area contributed by atoms with Gasteiger partial charge in [-0.3, -0.25) is 0 Å². The molecule has 0 radical (unpaired) electrons. The molecule has 0 fully saturated rings. The normalized spacial score (nSPS) is 9.94. The van der Waals surface area contributed by atoms with Crippen molar-refractivity contribution in [3.05, 3.63) is 23.8 Å². The highest BCUT2D eigenvalue weighted by Gasteiger charge is 2.08. The topological polar surface area (TPSA) is 35.5 Å². The fraction of sp³-hybridized carbons (Fsp3) is 0.417. The number of hydrogen-bond acceptors (Lipinski definition) is 4. The van der Waals surface area contributed by atoms with E-state index in [1.165, 1.54) is 7.11 Å². The molecular formula is C12H16O3S. The summed E-state index contributed by atoms with van der Waals surface area (Å²) < 4.78 is 10.1. The maximum atomic E-state index is 11.2. The first-order valence-electron chi connectivity index (χ1n) is 5.23. The molecule has 4 heteroatoms. The van der Waals surface area contributed by atoms with Crippen LogP contribution in [0.1, 0.15) is 30.1 Å². The van der Waals surface area contributed by atoms with Gasteiger partial charge in [0.1, 0.15) is 5.75 Å². The van der Waals surface area contributed by atoms with Gasteiger partial charge in [-0.25, -0.2) is 4.79 Å². The molecule has 0 spiro atoms. The number of unbranched alkanes of at least 4 members (excludes halogenated alkanes) is 1. The largest absolute Gasteiger partial charge is 0.492 e. The van der Waals surface area contributed by atoms with Crippen LogP contribution in [0.3, 0.4) is 0 Å². The molecule has 0 aromatic heterocycles. The molecule has 0 aliphatic heterocycles. The lowest BCUT2D eigenvalue weighted by Gasteiger charge is -2.08. The molecule has 0 bridgehead atoms. The molecule has 0 heterocycles. The van der Waals surface area contributed by atoms with Crippen molar-refractivity contribution in [2.24, 2.45) is 0 Å². The van der Waals surface area contributed by atoms with E-state index in [1.807, 2.05) is 0 Å². The summed E-state index contributed by atoms with van der Waals surface area (Å²) in [5.41, 5.74) is 0.482. The predicted octanol–water partition coefficient (Wildman–Crippen LogP) is 2.94. The number of carbonyl (C=O) groups excluding carboxylic acids is 1. The van der Waals surface area contributed by atoms with Gasteiger partial charge in [0.05, 0.1) is 19.3 Å². The third kappa shape index (κ3) is 3.45. The fourth-order valence-electron chi connectivity index (χ4n) is 1.21. The molecule has 3 nitrogen and oxygen atoms in total. The van der Waals surface area contributed by atoms with Crippen LogP contribution in [-0.4, -0.2) is 19.7 Å². The molecule has 0 unspecified atom stereocenters. The van der Waals surface area contributed by atoms with Crippen LogP contribution in [0.25, 0.3) is 0 Å². The maximum Gasteiger partial charge on any atom is 0.337 e. The lowest BCUT2D eigenvalue weighted by Crippen LogP contribution is -2.02. The van der Waals surface area contributed by atoms with Gasteiger partial charge in [0.25, 0.3) is 0 Å². The Morgan fingerprint density at radius 2 is 2.19 bits per heavy atom. The van der Waals surface area contributed by atoms with Gasteiger partial charge in [-0.2, -0.15) is 0 Å². The molecule has 1 aromatic rings. The van der Waals surface area contributed by atoms with E-state index < -0.39 is 0 Å².